The van der Waals surface area contributed by atoms with Gasteiger partial charge in [0.15, 0.2) is 11.3 Å². The molecule has 3 aliphatic heterocycles. The minimum atomic E-state index is -2.86. The lowest BCUT2D eigenvalue weighted by atomic mass is 9.85. The van der Waals surface area contributed by atoms with Gasteiger partial charge in [-0.1, -0.05) is 17.9 Å². The molecule has 1 aromatic carbocycles. The summed E-state index contributed by atoms with van der Waals surface area (Å²) in [6.07, 6.45) is 6.62. The molecule has 314 valence electrons. The molecule has 2 atom stereocenters. The van der Waals surface area contributed by atoms with Crippen LogP contribution in [0, 0.1) is 17.8 Å². The number of piperazine rings is 1. The second kappa shape index (κ2) is 16.7. The Morgan fingerprint density at radius 1 is 1.03 bits per heavy atom. The fraction of sp³-hybridized carbons (Fsp3) is 0.500. The second-order valence-electron chi connectivity index (χ2n) is 16.3. The fourth-order valence-corrected chi connectivity index (χ4v) is 9.18. The summed E-state index contributed by atoms with van der Waals surface area (Å²) < 4.78 is 40.0. The van der Waals surface area contributed by atoms with E-state index in [1.54, 1.807) is 24.0 Å². The average molecular weight is 824 g/mol. The first kappa shape index (κ1) is 39.7. The number of anilines is 1. The Morgan fingerprint density at radius 3 is 2.58 bits per heavy atom. The van der Waals surface area contributed by atoms with Crippen molar-refractivity contribution < 1.29 is 27.9 Å². The highest BCUT2D eigenvalue weighted by atomic mass is 19.3. The van der Waals surface area contributed by atoms with Crippen molar-refractivity contribution in [1.29, 1.82) is 0 Å². The Balaban J connectivity index is 0.769. The quantitative estimate of drug-likeness (QED) is 0.166. The van der Waals surface area contributed by atoms with Crippen LogP contribution in [-0.2, 0) is 21.4 Å². The number of nitrogens with zero attached hydrogens (tertiary/aromatic N) is 9. The zero-order valence-electron chi connectivity index (χ0n) is 33.4. The van der Waals surface area contributed by atoms with E-state index in [0.717, 1.165) is 70.5 Å². The van der Waals surface area contributed by atoms with Crippen LogP contribution >= 0.6 is 0 Å². The maximum atomic E-state index is 14.2. The van der Waals surface area contributed by atoms with Gasteiger partial charge >= 0.3 is 5.69 Å². The molecular formula is C42H47F2N11O5. The van der Waals surface area contributed by atoms with Gasteiger partial charge in [0.05, 0.1) is 47.7 Å². The van der Waals surface area contributed by atoms with Crippen molar-refractivity contribution in [3.63, 3.8) is 0 Å². The van der Waals surface area contributed by atoms with Gasteiger partial charge in [0.25, 0.3) is 12.3 Å². The monoisotopic (exact) mass is 823 g/mol. The van der Waals surface area contributed by atoms with Gasteiger partial charge in [-0.2, -0.15) is 10.2 Å². The van der Waals surface area contributed by atoms with Crippen molar-refractivity contribution in [2.75, 3.05) is 57.8 Å². The number of para-hydroxylation sites is 1. The third kappa shape index (κ3) is 7.84. The van der Waals surface area contributed by atoms with Crippen LogP contribution in [0.3, 0.4) is 0 Å². The second-order valence-corrected chi connectivity index (χ2v) is 16.3. The van der Waals surface area contributed by atoms with Gasteiger partial charge in [-0.25, -0.2) is 23.1 Å². The van der Waals surface area contributed by atoms with E-state index in [4.69, 9.17) is 4.74 Å². The maximum Gasteiger partial charge on any atom is 0.329 e. The summed E-state index contributed by atoms with van der Waals surface area (Å²) in [5, 5.41) is 13.5. The summed E-state index contributed by atoms with van der Waals surface area (Å²) >= 11 is 0. The number of hydrogen-bond donors (Lipinski definition) is 2. The zero-order valence-corrected chi connectivity index (χ0v) is 33.4. The van der Waals surface area contributed by atoms with E-state index < -0.39 is 30.0 Å². The summed E-state index contributed by atoms with van der Waals surface area (Å²) in [4.78, 5) is 60.5. The number of aromatic nitrogens is 7. The number of fused-ring (bicyclic) bond motifs is 2. The third-order valence-electron chi connectivity index (χ3n) is 12.5. The van der Waals surface area contributed by atoms with E-state index in [2.05, 4.69) is 47.5 Å². The lowest BCUT2D eigenvalue weighted by Crippen LogP contribution is -2.48. The highest BCUT2D eigenvalue weighted by molar-refractivity contribution is 6.08. The van der Waals surface area contributed by atoms with Crippen molar-refractivity contribution in [2.45, 2.75) is 69.4 Å². The largest absolute Gasteiger partial charge is 0.381 e. The van der Waals surface area contributed by atoms with Gasteiger partial charge in [0.1, 0.15) is 11.6 Å². The number of aryl methyl sites for hydroxylation is 1. The minimum absolute atomic E-state index is 0.00841. The van der Waals surface area contributed by atoms with E-state index in [9.17, 15) is 28.0 Å². The Hall–Kier alpha value is -5.77. The molecule has 7 heterocycles. The number of imidazole rings is 1. The first-order valence-corrected chi connectivity index (χ1v) is 20.7. The number of halogens is 2. The molecule has 1 aliphatic carbocycles. The van der Waals surface area contributed by atoms with Crippen LogP contribution in [0.15, 0.2) is 47.7 Å². The SMILES string of the molecule is Cn1c(=O)n(C2CCC(=O)NC2=O)c2cccc(C#CCN3CCN(CC4CCC(n5cc(NC(=O)c6cnn7ccc(C8CCOC8)nc67)c(C(F)F)n5)CC4)CC3)c21. The summed E-state index contributed by atoms with van der Waals surface area (Å²) in [5.41, 5.74) is 2.57. The van der Waals surface area contributed by atoms with Crippen LogP contribution in [0.25, 0.3) is 16.7 Å². The van der Waals surface area contributed by atoms with Gasteiger partial charge in [-0.15, -0.1) is 0 Å². The van der Waals surface area contributed by atoms with Crippen LogP contribution in [0.2, 0.25) is 0 Å². The van der Waals surface area contributed by atoms with Gasteiger partial charge in [0, 0.05) is 76.8 Å². The first-order chi connectivity index (χ1) is 29.1. The molecule has 2 N–H and O–H groups in total. The number of alkyl halides is 2. The first-order valence-electron chi connectivity index (χ1n) is 20.7. The third-order valence-corrected chi connectivity index (χ3v) is 12.5. The Bertz CT molecular complexity index is 2560. The molecule has 3 amide bonds. The van der Waals surface area contributed by atoms with Crippen LogP contribution in [-0.4, -0.2) is 114 Å². The molecule has 4 aliphatic rings. The highest BCUT2D eigenvalue weighted by Gasteiger charge is 2.32. The van der Waals surface area contributed by atoms with E-state index in [1.165, 1.54) is 26.0 Å². The fourth-order valence-electron chi connectivity index (χ4n) is 9.18. The summed E-state index contributed by atoms with van der Waals surface area (Å²) in [7, 11) is 1.67. The van der Waals surface area contributed by atoms with Gasteiger partial charge in [0.2, 0.25) is 11.8 Å². The van der Waals surface area contributed by atoms with E-state index >= 15 is 0 Å². The van der Waals surface area contributed by atoms with Crippen molar-refractivity contribution in [1.82, 2.24) is 48.6 Å². The summed E-state index contributed by atoms with van der Waals surface area (Å²) in [5.74, 6) is 5.81. The molecule has 3 saturated heterocycles. The van der Waals surface area contributed by atoms with Crippen LogP contribution in [0.4, 0.5) is 14.5 Å². The molecule has 5 aromatic rings. The molecule has 9 rings (SSSR count). The molecule has 0 spiro atoms. The number of benzene rings is 1. The van der Waals surface area contributed by atoms with E-state index in [-0.39, 0.29) is 47.6 Å². The van der Waals surface area contributed by atoms with E-state index in [0.29, 0.717) is 47.9 Å². The molecule has 4 aromatic heterocycles. The topological polar surface area (TPSA) is 166 Å². The van der Waals surface area contributed by atoms with Crippen LogP contribution < -0.4 is 16.3 Å². The Labute approximate surface area is 343 Å². The number of ether oxygens (including phenoxy) is 1. The molecule has 0 radical (unpaired) electrons. The van der Waals surface area contributed by atoms with Crippen molar-refractivity contribution in [3.05, 3.63) is 75.9 Å². The zero-order chi connectivity index (χ0) is 41.5. The Morgan fingerprint density at radius 2 is 1.83 bits per heavy atom. The van der Waals surface area contributed by atoms with Crippen molar-refractivity contribution in [3.8, 4) is 11.8 Å². The smallest absolute Gasteiger partial charge is 0.329 e. The number of nitrogens with one attached hydrogen (secondary N) is 2. The van der Waals surface area contributed by atoms with Crippen LogP contribution in [0.5, 0.6) is 0 Å². The number of hydrogen-bond acceptors (Lipinski definition) is 10. The molecule has 18 heteroatoms. The average Bonchev–Trinajstić information content (AvgIpc) is 4.06. The number of rotatable bonds is 9. The lowest BCUT2D eigenvalue weighted by Gasteiger charge is -2.37. The van der Waals surface area contributed by atoms with Crippen molar-refractivity contribution in [2.24, 2.45) is 13.0 Å². The van der Waals surface area contributed by atoms with Gasteiger partial charge in [-0.3, -0.25) is 38.4 Å². The van der Waals surface area contributed by atoms with Crippen molar-refractivity contribution >= 4 is 40.1 Å². The lowest BCUT2D eigenvalue weighted by molar-refractivity contribution is -0.135. The number of carbonyl (C=O) groups excluding carboxylic acids is 3. The molecule has 60 heavy (non-hydrogen) atoms. The Kier molecular flexibility index (Phi) is 11.0. The van der Waals surface area contributed by atoms with Crippen LogP contribution in [0.1, 0.15) is 96.7 Å². The number of imide groups is 1. The molecule has 4 fully saturated rings. The normalized spacial score (nSPS) is 23.0. The number of amides is 3. The molecule has 0 bridgehead atoms. The number of carbonyl (C=O) groups is 3. The predicted molar refractivity (Wildman–Crippen MR) is 216 cm³/mol. The van der Waals surface area contributed by atoms with Gasteiger partial charge in [-0.05, 0) is 62.6 Å². The summed E-state index contributed by atoms with van der Waals surface area (Å²) in [6, 6.07) is 6.58. The molecule has 1 saturated carbocycles. The highest BCUT2D eigenvalue weighted by Crippen LogP contribution is 2.36. The molecular weight excluding hydrogens is 777 g/mol. The number of piperidine rings is 1. The maximum absolute atomic E-state index is 14.2. The predicted octanol–water partition coefficient (Wildman–Crippen LogP) is 3.65. The summed E-state index contributed by atoms with van der Waals surface area (Å²) in [6.45, 7) is 6.35. The van der Waals surface area contributed by atoms with Gasteiger partial charge < -0.3 is 15.0 Å². The van der Waals surface area contributed by atoms with E-state index in [1.807, 2.05) is 18.2 Å². The standard InChI is InChI=1S/C42H47F2N11O5/c1-50-37-27(4-2-6-33(37)55(42(50)59)34-11-12-35(56)48-41(34)58)5-3-15-51-17-19-52(20-18-51)23-26-7-9-29(10-8-26)54-24-32(36(49-54)38(43)44)47-40(57)30-22-45-53-16-13-31(46-39(30)53)28-14-21-60-25-28/h2,4,6,13,16,22,24,26,28-29,34,38H,7-12,14-15,17-21,23,25H2,1H3,(H,47,57)(H,48,56,58). The minimum Gasteiger partial charge on any atom is -0.381 e. The molecule has 16 nitrogen and oxygen atoms in total. The molecule has 2 unspecified atom stereocenters.